The third kappa shape index (κ3) is 4.34. The van der Waals surface area contributed by atoms with E-state index < -0.39 is 17.4 Å². The summed E-state index contributed by atoms with van der Waals surface area (Å²) in [5.41, 5.74) is -0.433. The molecule has 0 spiro atoms. The summed E-state index contributed by atoms with van der Waals surface area (Å²) >= 11 is 0. The molecule has 0 saturated carbocycles. The fourth-order valence-electron chi connectivity index (χ4n) is 1.88. The average Bonchev–Trinajstić information content (AvgIpc) is 2.49. The molecule has 116 valence electrons. The van der Waals surface area contributed by atoms with Gasteiger partial charge in [0.25, 0.3) is 0 Å². The number of ether oxygens (including phenoxy) is 1. The van der Waals surface area contributed by atoms with Crippen molar-refractivity contribution in [3.63, 3.8) is 0 Å². The molecule has 1 aromatic heterocycles. The number of anilines is 1. The van der Waals surface area contributed by atoms with E-state index in [1.807, 2.05) is 0 Å². The Balaban J connectivity index is 2.58. The largest absolute Gasteiger partial charge is 0.481 e. The molecule has 0 aliphatic heterocycles. The summed E-state index contributed by atoms with van der Waals surface area (Å²) in [5, 5.41) is 14.5. The van der Waals surface area contributed by atoms with Crippen molar-refractivity contribution >= 4 is 17.7 Å². The van der Waals surface area contributed by atoms with E-state index in [1.54, 1.807) is 26.0 Å². The zero-order valence-corrected chi connectivity index (χ0v) is 12.5. The van der Waals surface area contributed by atoms with Crippen LogP contribution in [-0.4, -0.2) is 35.7 Å². The summed E-state index contributed by atoms with van der Waals surface area (Å²) in [7, 11) is 1.50. The highest BCUT2D eigenvalue weighted by molar-refractivity contribution is 5.89. The normalized spacial score (nSPS) is 10.8. The molecule has 2 amide bonds. The lowest BCUT2D eigenvalue weighted by molar-refractivity contribution is -0.149. The zero-order valence-electron chi connectivity index (χ0n) is 12.5. The number of hydrogen-bond donors (Lipinski definition) is 3. The summed E-state index contributed by atoms with van der Waals surface area (Å²) in [6.45, 7) is 3.67. The first-order chi connectivity index (χ1) is 9.97. The number of nitrogens with zero attached hydrogens (tertiary/aromatic N) is 1. The van der Waals surface area contributed by atoms with Crippen LogP contribution in [0.2, 0.25) is 0 Å². The van der Waals surface area contributed by atoms with Crippen molar-refractivity contribution in [3.8, 4) is 5.88 Å². The molecule has 0 fully saturated rings. The molecule has 0 saturated heterocycles. The minimum atomic E-state index is -0.935. The SMILES string of the molecule is CCC(CC)(CNC(=O)Nc1ccc(OC)nc1)C(=O)O. The minimum Gasteiger partial charge on any atom is -0.481 e. The van der Waals surface area contributed by atoms with E-state index in [0.717, 1.165) is 0 Å². The molecule has 1 heterocycles. The molecular weight excluding hydrogens is 274 g/mol. The second kappa shape index (κ2) is 7.47. The van der Waals surface area contributed by atoms with Crippen LogP contribution in [0.1, 0.15) is 26.7 Å². The summed E-state index contributed by atoms with van der Waals surface area (Å²) in [6.07, 6.45) is 2.36. The van der Waals surface area contributed by atoms with Crippen LogP contribution in [0, 0.1) is 5.41 Å². The molecule has 1 rings (SSSR count). The van der Waals surface area contributed by atoms with E-state index in [-0.39, 0.29) is 6.54 Å². The second-order valence-electron chi connectivity index (χ2n) is 4.69. The van der Waals surface area contributed by atoms with Gasteiger partial charge < -0.3 is 20.5 Å². The van der Waals surface area contributed by atoms with E-state index in [0.29, 0.717) is 24.4 Å². The number of amides is 2. The van der Waals surface area contributed by atoms with Gasteiger partial charge in [-0.3, -0.25) is 4.79 Å². The van der Waals surface area contributed by atoms with Gasteiger partial charge in [-0.25, -0.2) is 9.78 Å². The molecule has 0 bridgehead atoms. The van der Waals surface area contributed by atoms with Crippen LogP contribution in [-0.2, 0) is 4.79 Å². The molecule has 3 N–H and O–H groups in total. The number of carboxylic acid groups (broad SMARTS) is 1. The number of hydrogen-bond acceptors (Lipinski definition) is 4. The maximum absolute atomic E-state index is 11.8. The van der Waals surface area contributed by atoms with Crippen LogP contribution in [0.25, 0.3) is 0 Å². The maximum atomic E-state index is 11.8. The Morgan fingerprint density at radius 3 is 2.43 bits per heavy atom. The van der Waals surface area contributed by atoms with Crippen molar-refractivity contribution in [1.82, 2.24) is 10.3 Å². The maximum Gasteiger partial charge on any atom is 0.319 e. The fraction of sp³-hybridized carbons (Fsp3) is 0.500. The number of aliphatic carboxylic acids is 1. The standard InChI is InChI=1S/C14H21N3O4/c1-4-14(5-2,12(18)19)9-16-13(20)17-10-6-7-11(21-3)15-8-10/h6-8H,4-5,9H2,1-3H3,(H,18,19)(H2,16,17,20). The fourth-order valence-corrected chi connectivity index (χ4v) is 1.88. The van der Waals surface area contributed by atoms with Gasteiger partial charge in [-0.15, -0.1) is 0 Å². The topological polar surface area (TPSA) is 101 Å². The van der Waals surface area contributed by atoms with E-state index in [9.17, 15) is 14.7 Å². The van der Waals surface area contributed by atoms with Gasteiger partial charge >= 0.3 is 12.0 Å². The molecule has 1 aromatic rings. The molecule has 0 atom stereocenters. The van der Waals surface area contributed by atoms with Crippen molar-refractivity contribution in [2.45, 2.75) is 26.7 Å². The number of pyridine rings is 1. The predicted molar refractivity (Wildman–Crippen MR) is 78.5 cm³/mol. The highest BCUT2D eigenvalue weighted by Crippen LogP contribution is 2.25. The van der Waals surface area contributed by atoms with Crippen LogP contribution in [0.3, 0.4) is 0 Å². The monoisotopic (exact) mass is 295 g/mol. The molecule has 7 nitrogen and oxygen atoms in total. The predicted octanol–water partition coefficient (Wildman–Crippen LogP) is 2.10. The van der Waals surface area contributed by atoms with Crippen molar-refractivity contribution < 1.29 is 19.4 Å². The lowest BCUT2D eigenvalue weighted by Crippen LogP contribution is -2.43. The number of rotatable bonds is 7. The number of methoxy groups -OCH3 is 1. The number of nitrogens with one attached hydrogen (secondary N) is 2. The lowest BCUT2D eigenvalue weighted by Gasteiger charge is -2.26. The Hall–Kier alpha value is -2.31. The third-order valence-corrected chi connectivity index (χ3v) is 3.60. The molecule has 21 heavy (non-hydrogen) atoms. The van der Waals surface area contributed by atoms with E-state index in [1.165, 1.54) is 13.3 Å². The number of carbonyl (C=O) groups excluding carboxylic acids is 1. The van der Waals surface area contributed by atoms with Gasteiger partial charge in [0.05, 0.1) is 24.4 Å². The Labute approximate surface area is 123 Å². The quantitative estimate of drug-likeness (QED) is 0.715. The Bertz CT molecular complexity index is 483. The first-order valence-corrected chi connectivity index (χ1v) is 6.75. The summed E-state index contributed by atoms with van der Waals surface area (Å²) in [6, 6.07) is 2.81. The second-order valence-corrected chi connectivity index (χ2v) is 4.69. The zero-order chi connectivity index (χ0) is 15.9. The van der Waals surface area contributed by atoms with Gasteiger partial charge in [-0.2, -0.15) is 0 Å². The van der Waals surface area contributed by atoms with Crippen LogP contribution in [0.15, 0.2) is 18.3 Å². The van der Waals surface area contributed by atoms with Gasteiger partial charge in [0.1, 0.15) is 0 Å². The van der Waals surface area contributed by atoms with Crippen molar-refractivity contribution in [1.29, 1.82) is 0 Å². The van der Waals surface area contributed by atoms with Gasteiger partial charge in [-0.05, 0) is 18.9 Å². The molecule has 0 aliphatic rings. The van der Waals surface area contributed by atoms with Gasteiger partial charge in [0, 0.05) is 12.6 Å². The van der Waals surface area contributed by atoms with Crippen LogP contribution in [0.4, 0.5) is 10.5 Å². The van der Waals surface area contributed by atoms with E-state index in [4.69, 9.17) is 4.74 Å². The van der Waals surface area contributed by atoms with Crippen LogP contribution >= 0.6 is 0 Å². The van der Waals surface area contributed by atoms with E-state index in [2.05, 4.69) is 15.6 Å². The minimum absolute atomic E-state index is 0.0742. The number of aromatic nitrogens is 1. The van der Waals surface area contributed by atoms with Crippen LogP contribution in [0.5, 0.6) is 5.88 Å². The number of carbonyl (C=O) groups is 2. The molecule has 0 radical (unpaired) electrons. The first-order valence-electron chi connectivity index (χ1n) is 6.75. The summed E-state index contributed by atoms with van der Waals surface area (Å²) in [5.74, 6) is -0.457. The first kappa shape index (κ1) is 16.7. The molecule has 0 aliphatic carbocycles. The number of carboxylic acids is 1. The molecular formula is C14H21N3O4. The van der Waals surface area contributed by atoms with Crippen molar-refractivity contribution in [3.05, 3.63) is 18.3 Å². The Morgan fingerprint density at radius 1 is 1.33 bits per heavy atom. The average molecular weight is 295 g/mol. The van der Waals surface area contributed by atoms with Gasteiger partial charge in [-0.1, -0.05) is 13.8 Å². The smallest absolute Gasteiger partial charge is 0.319 e. The van der Waals surface area contributed by atoms with Gasteiger partial charge in [0.15, 0.2) is 0 Å². The summed E-state index contributed by atoms with van der Waals surface area (Å²) < 4.78 is 4.92. The van der Waals surface area contributed by atoms with Gasteiger partial charge in [0.2, 0.25) is 5.88 Å². The number of urea groups is 1. The molecule has 0 unspecified atom stereocenters. The van der Waals surface area contributed by atoms with Crippen molar-refractivity contribution in [2.75, 3.05) is 19.0 Å². The highest BCUT2D eigenvalue weighted by atomic mass is 16.5. The highest BCUT2D eigenvalue weighted by Gasteiger charge is 2.35. The van der Waals surface area contributed by atoms with Crippen LogP contribution < -0.4 is 15.4 Å². The Kier molecular flexibility index (Phi) is 5.95. The molecule has 7 heteroatoms. The summed E-state index contributed by atoms with van der Waals surface area (Å²) in [4.78, 5) is 27.1. The third-order valence-electron chi connectivity index (χ3n) is 3.60. The lowest BCUT2D eigenvalue weighted by atomic mass is 9.82. The van der Waals surface area contributed by atoms with E-state index >= 15 is 0 Å². The van der Waals surface area contributed by atoms with Crippen molar-refractivity contribution in [2.24, 2.45) is 5.41 Å². The molecule has 0 aromatic carbocycles. The Morgan fingerprint density at radius 2 is 2.00 bits per heavy atom.